The molecule has 2 aromatic heterocycles. The first-order chi connectivity index (χ1) is 14.9. The normalized spacial score (nSPS) is 14.8. The van der Waals surface area contributed by atoms with Crippen LogP contribution in [0.4, 0.5) is 0 Å². The number of amides is 1. The molecule has 1 saturated heterocycles. The standard InChI is InChI=1S/C22H27ClN6O2/c1-15-21(16(2)27(3)26-15)19-14-20(25-24-19)22(30)29-10-8-28(9-11-29)12-13-31-18-6-4-17(23)5-7-18/h4-7,14H,8-13H2,1-3H3,(H,24,25). The number of rotatable bonds is 6. The van der Waals surface area contributed by atoms with Gasteiger partial charge in [0.05, 0.1) is 11.4 Å². The number of carbonyl (C=O) groups excluding carboxylic acids is 1. The number of aromatic amines is 1. The number of hydrogen-bond donors (Lipinski definition) is 1. The second-order valence-electron chi connectivity index (χ2n) is 7.77. The summed E-state index contributed by atoms with van der Waals surface area (Å²) in [5, 5.41) is 12.4. The van der Waals surface area contributed by atoms with Crippen LogP contribution < -0.4 is 4.74 Å². The summed E-state index contributed by atoms with van der Waals surface area (Å²) in [6.45, 7) is 8.37. The number of halogens is 1. The maximum absolute atomic E-state index is 12.9. The summed E-state index contributed by atoms with van der Waals surface area (Å²) < 4.78 is 7.60. The van der Waals surface area contributed by atoms with Gasteiger partial charge in [0, 0.05) is 56.1 Å². The van der Waals surface area contributed by atoms with E-state index in [1.807, 2.05) is 60.8 Å². The highest BCUT2D eigenvalue weighted by molar-refractivity contribution is 6.30. The topological polar surface area (TPSA) is 79.3 Å². The Morgan fingerprint density at radius 3 is 2.52 bits per heavy atom. The van der Waals surface area contributed by atoms with Crippen molar-refractivity contribution in [2.45, 2.75) is 13.8 Å². The average Bonchev–Trinajstić information content (AvgIpc) is 3.33. The maximum Gasteiger partial charge on any atom is 0.271 e. The first-order valence-corrected chi connectivity index (χ1v) is 10.8. The number of benzene rings is 1. The molecule has 0 spiro atoms. The summed E-state index contributed by atoms with van der Waals surface area (Å²) in [7, 11) is 1.91. The number of aromatic nitrogens is 4. The molecule has 1 amide bonds. The summed E-state index contributed by atoms with van der Waals surface area (Å²) in [4.78, 5) is 17.1. The molecule has 1 N–H and O–H groups in total. The number of hydrogen-bond acceptors (Lipinski definition) is 5. The molecule has 31 heavy (non-hydrogen) atoms. The van der Waals surface area contributed by atoms with Crippen LogP contribution in [0.15, 0.2) is 30.3 Å². The summed E-state index contributed by atoms with van der Waals surface area (Å²) in [6, 6.07) is 9.20. The smallest absolute Gasteiger partial charge is 0.271 e. The van der Waals surface area contributed by atoms with Crippen LogP contribution in [0.5, 0.6) is 5.75 Å². The summed E-state index contributed by atoms with van der Waals surface area (Å²) in [5.74, 6) is 0.794. The molecule has 1 fully saturated rings. The van der Waals surface area contributed by atoms with E-state index in [0.717, 1.165) is 48.0 Å². The molecule has 0 unspecified atom stereocenters. The average molecular weight is 443 g/mol. The fourth-order valence-corrected chi connectivity index (χ4v) is 4.00. The lowest BCUT2D eigenvalue weighted by Gasteiger charge is -2.34. The summed E-state index contributed by atoms with van der Waals surface area (Å²) in [6.07, 6.45) is 0. The number of aryl methyl sites for hydroxylation is 2. The van der Waals surface area contributed by atoms with Gasteiger partial charge in [-0.3, -0.25) is 19.5 Å². The molecule has 0 radical (unpaired) electrons. The Morgan fingerprint density at radius 2 is 1.87 bits per heavy atom. The molecule has 9 heteroatoms. The number of nitrogens with one attached hydrogen (secondary N) is 1. The van der Waals surface area contributed by atoms with Gasteiger partial charge in [-0.1, -0.05) is 11.6 Å². The minimum absolute atomic E-state index is 0.0185. The predicted octanol–water partition coefficient (Wildman–Crippen LogP) is 2.92. The van der Waals surface area contributed by atoms with Gasteiger partial charge in [0.15, 0.2) is 0 Å². The second kappa shape index (κ2) is 9.11. The quantitative estimate of drug-likeness (QED) is 0.635. The van der Waals surface area contributed by atoms with E-state index in [9.17, 15) is 4.79 Å². The van der Waals surface area contributed by atoms with E-state index in [0.29, 0.717) is 30.4 Å². The van der Waals surface area contributed by atoms with Crippen molar-refractivity contribution >= 4 is 17.5 Å². The fraction of sp³-hybridized carbons (Fsp3) is 0.409. The van der Waals surface area contributed by atoms with Crippen LogP contribution in [0, 0.1) is 13.8 Å². The number of ether oxygens (including phenoxy) is 1. The van der Waals surface area contributed by atoms with Gasteiger partial charge in [-0.2, -0.15) is 10.2 Å². The van der Waals surface area contributed by atoms with E-state index >= 15 is 0 Å². The first-order valence-electron chi connectivity index (χ1n) is 10.4. The SMILES string of the molecule is Cc1nn(C)c(C)c1-c1cc(C(=O)N2CCN(CCOc3ccc(Cl)cc3)CC2)[nH]n1. The molecule has 1 aliphatic heterocycles. The highest BCUT2D eigenvalue weighted by atomic mass is 35.5. The van der Waals surface area contributed by atoms with Gasteiger partial charge < -0.3 is 9.64 Å². The molecule has 1 aliphatic rings. The Kier molecular flexibility index (Phi) is 6.29. The Hall–Kier alpha value is -2.84. The third-order valence-corrected chi connectivity index (χ3v) is 5.97. The Labute approximate surface area is 186 Å². The van der Waals surface area contributed by atoms with Crippen molar-refractivity contribution in [3.05, 3.63) is 52.4 Å². The van der Waals surface area contributed by atoms with E-state index < -0.39 is 0 Å². The van der Waals surface area contributed by atoms with Crippen LogP contribution in [0.1, 0.15) is 21.9 Å². The molecular formula is C22H27ClN6O2. The molecule has 0 aliphatic carbocycles. The minimum Gasteiger partial charge on any atom is -0.492 e. The molecule has 164 valence electrons. The van der Waals surface area contributed by atoms with Crippen molar-refractivity contribution in [3.63, 3.8) is 0 Å². The van der Waals surface area contributed by atoms with Gasteiger partial charge in [-0.25, -0.2) is 0 Å². The maximum atomic E-state index is 12.9. The van der Waals surface area contributed by atoms with E-state index in [1.165, 1.54) is 0 Å². The van der Waals surface area contributed by atoms with Crippen molar-refractivity contribution in [3.8, 4) is 17.0 Å². The van der Waals surface area contributed by atoms with E-state index in [1.54, 1.807) is 0 Å². The van der Waals surface area contributed by atoms with E-state index in [2.05, 4.69) is 20.2 Å². The van der Waals surface area contributed by atoms with Crippen molar-refractivity contribution in [1.29, 1.82) is 0 Å². The monoisotopic (exact) mass is 442 g/mol. The third kappa shape index (κ3) is 4.75. The Bertz CT molecular complexity index is 1050. The van der Waals surface area contributed by atoms with Gasteiger partial charge in [0.2, 0.25) is 0 Å². The van der Waals surface area contributed by atoms with Gasteiger partial charge >= 0.3 is 0 Å². The predicted molar refractivity (Wildman–Crippen MR) is 120 cm³/mol. The van der Waals surface area contributed by atoms with Crippen molar-refractivity contribution < 1.29 is 9.53 Å². The summed E-state index contributed by atoms with van der Waals surface area (Å²) in [5.41, 5.74) is 4.17. The van der Waals surface area contributed by atoms with E-state index in [4.69, 9.17) is 16.3 Å². The largest absolute Gasteiger partial charge is 0.492 e. The van der Waals surface area contributed by atoms with Crippen LogP contribution in [0.3, 0.4) is 0 Å². The van der Waals surface area contributed by atoms with Crippen LogP contribution in [-0.4, -0.2) is 75.0 Å². The first kappa shape index (κ1) is 21.4. The minimum atomic E-state index is -0.0185. The molecule has 1 aromatic carbocycles. The number of H-pyrrole nitrogens is 1. The molecular weight excluding hydrogens is 416 g/mol. The molecule has 3 aromatic rings. The van der Waals surface area contributed by atoms with Gasteiger partial charge in [-0.05, 0) is 44.2 Å². The highest BCUT2D eigenvalue weighted by Gasteiger charge is 2.24. The molecule has 0 atom stereocenters. The van der Waals surface area contributed by atoms with Crippen LogP contribution in [0.25, 0.3) is 11.3 Å². The molecule has 4 rings (SSSR count). The zero-order valence-electron chi connectivity index (χ0n) is 18.1. The van der Waals surface area contributed by atoms with Crippen LogP contribution in [0.2, 0.25) is 5.02 Å². The van der Waals surface area contributed by atoms with E-state index in [-0.39, 0.29) is 5.91 Å². The lowest BCUT2D eigenvalue weighted by Crippen LogP contribution is -2.49. The lowest BCUT2D eigenvalue weighted by molar-refractivity contribution is 0.0614. The number of piperazine rings is 1. The zero-order chi connectivity index (χ0) is 22.0. The third-order valence-electron chi connectivity index (χ3n) is 5.72. The highest BCUT2D eigenvalue weighted by Crippen LogP contribution is 2.25. The molecule has 8 nitrogen and oxygen atoms in total. The van der Waals surface area contributed by atoms with Crippen LogP contribution in [-0.2, 0) is 7.05 Å². The molecule has 3 heterocycles. The Balaban J connectivity index is 1.28. The van der Waals surface area contributed by atoms with Gasteiger partial charge in [0.25, 0.3) is 5.91 Å². The fourth-order valence-electron chi connectivity index (χ4n) is 3.87. The van der Waals surface area contributed by atoms with Gasteiger partial charge in [-0.15, -0.1) is 0 Å². The second-order valence-corrected chi connectivity index (χ2v) is 8.21. The molecule has 0 bridgehead atoms. The van der Waals surface area contributed by atoms with Crippen LogP contribution >= 0.6 is 11.6 Å². The molecule has 0 saturated carbocycles. The Morgan fingerprint density at radius 1 is 1.16 bits per heavy atom. The lowest BCUT2D eigenvalue weighted by atomic mass is 10.1. The number of carbonyl (C=O) groups is 1. The van der Waals surface area contributed by atoms with Crippen molar-refractivity contribution in [2.24, 2.45) is 7.05 Å². The van der Waals surface area contributed by atoms with Gasteiger partial charge in [0.1, 0.15) is 18.1 Å². The van der Waals surface area contributed by atoms with Crippen molar-refractivity contribution in [2.75, 3.05) is 39.3 Å². The zero-order valence-corrected chi connectivity index (χ0v) is 18.8. The number of nitrogens with zero attached hydrogens (tertiary/aromatic N) is 5. The summed E-state index contributed by atoms with van der Waals surface area (Å²) >= 11 is 5.89. The van der Waals surface area contributed by atoms with Crippen molar-refractivity contribution in [1.82, 2.24) is 29.8 Å².